The Morgan fingerprint density at radius 3 is 2.38 bits per heavy atom. The van der Waals surface area contributed by atoms with Crippen molar-refractivity contribution in [3.8, 4) is 11.5 Å². The lowest BCUT2D eigenvalue weighted by atomic mass is 9.94. The van der Waals surface area contributed by atoms with E-state index in [0.29, 0.717) is 11.8 Å². The molecule has 0 saturated heterocycles. The van der Waals surface area contributed by atoms with Gasteiger partial charge in [0.15, 0.2) is 0 Å². The lowest BCUT2D eigenvalue weighted by Gasteiger charge is -2.14. The quantitative estimate of drug-likeness (QED) is 0.834. The molecule has 0 saturated carbocycles. The monoisotopic (exact) mass is 221 g/mol. The Labute approximate surface area is 96.5 Å². The molecule has 3 heteroatoms. The van der Waals surface area contributed by atoms with E-state index in [4.69, 9.17) is 15.2 Å². The fraction of sp³-hybridized carbons (Fsp3) is 0.538. The Morgan fingerprint density at radius 2 is 1.81 bits per heavy atom. The minimum atomic E-state index is 0.0778. The van der Waals surface area contributed by atoms with Crippen LogP contribution in [0, 0.1) is 5.92 Å². The number of methoxy groups -OCH3 is 2. The van der Waals surface area contributed by atoms with E-state index in [1.807, 2.05) is 12.1 Å². The van der Waals surface area contributed by atoms with Crippen molar-refractivity contribution in [2.75, 3.05) is 14.2 Å². The molecule has 2 rings (SSSR count). The second-order valence-electron chi connectivity index (χ2n) is 4.51. The van der Waals surface area contributed by atoms with Crippen LogP contribution in [0.2, 0.25) is 0 Å². The molecule has 1 aliphatic rings. The average molecular weight is 221 g/mol. The van der Waals surface area contributed by atoms with Crippen molar-refractivity contribution < 1.29 is 9.47 Å². The summed E-state index contributed by atoms with van der Waals surface area (Å²) in [5.41, 5.74) is 8.62. The number of hydrogen-bond acceptors (Lipinski definition) is 3. The average Bonchev–Trinajstić information content (AvgIpc) is 2.53. The van der Waals surface area contributed by atoms with Crippen LogP contribution in [0.3, 0.4) is 0 Å². The topological polar surface area (TPSA) is 44.5 Å². The van der Waals surface area contributed by atoms with Crippen LogP contribution >= 0.6 is 0 Å². The first-order valence-corrected chi connectivity index (χ1v) is 5.61. The van der Waals surface area contributed by atoms with E-state index in [0.717, 1.165) is 17.1 Å². The summed E-state index contributed by atoms with van der Waals surface area (Å²) in [7, 11) is 3.35. The highest BCUT2D eigenvalue weighted by Crippen LogP contribution is 2.49. The van der Waals surface area contributed by atoms with Crippen molar-refractivity contribution in [3.63, 3.8) is 0 Å². The summed E-state index contributed by atoms with van der Waals surface area (Å²) in [5, 5.41) is 0. The fourth-order valence-corrected chi connectivity index (χ4v) is 2.53. The second-order valence-corrected chi connectivity index (χ2v) is 4.51. The lowest BCUT2D eigenvalue weighted by molar-refractivity contribution is 0.387. The number of ether oxygens (including phenoxy) is 2. The van der Waals surface area contributed by atoms with Crippen molar-refractivity contribution in [2.24, 2.45) is 11.7 Å². The van der Waals surface area contributed by atoms with Crippen molar-refractivity contribution in [1.29, 1.82) is 0 Å². The third kappa shape index (κ3) is 1.47. The molecule has 3 unspecified atom stereocenters. The summed E-state index contributed by atoms with van der Waals surface area (Å²) >= 11 is 0. The van der Waals surface area contributed by atoms with Crippen LogP contribution in [0.1, 0.15) is 36.9 Å². The van der Waals surface area contributed by atoms with Crippen LogP contribution in [0.5, 0.6) is 11.5 Å². The first kappa shape index (κ1) is 11.3. The van der Waals surface area contributed by atoms with Gasteiger partial charge in [-0.2, -0.15) is 0 Å². The zero-order valence-electron chi connectivity index (χ0n) is 10.3. The van der Waals surface area contributed by atoms with Gasteiger partial charge in [-0.25, -0.2) is 0 Å². The molecular formula is C13H19NO2. The van der Waals surface area contributed by atoms with Crippen LogP contribution < -0.4 is 15.2 Å². The zero-order chi connectivity index (χ0) is 11.9. The molecular weight excluding hydrogens is 202 g/mol. The SMILES string of the molecule is COc1cc(OC)c2c(c1)C(N)C(C)C2C. The van der Waals surface area contributed by atoms with Gasteiger partial charge in [0, 0.05) is 17.7 Å². The van der Waals surface area contributed by atoms with Crippen LogP contribution in [0.15, 0.2) is 12.1 Å². The Hall–Kier alpha value is -1.22. The highest BCUT2D eigenvalue weighted by Gasteiger charge is 2.35. The standard InChI is InChI=1S/C13H19NO2/c1-7-8(2)13(14)10-5-9(15-3)6-11(16-4)12(7)10/h5-8,13H,14H2,1-4H3. The molecule has 2 N–H and O–H groups in total. The number of nitrogens with two attached hydrogens (primary N) is 1. The summed E-state index contributed by atoms with van der Waals surface area (Å²) in [6.07, 6.45) is 0. The van der Waals surface area contributed by atoms with Crippen LogP contribution in [0.4, 0.5) is 0 Å². The molecule has 0 aliphatic heterocycles. The highest BCUT2D eigenvalue weighted by atomic mass is 16.5. The molecule has 0 amide bonds. The van der Waals surface area contributed by atoms with Crippen molar-refractivity contribution in [3.05, 3.63) is 23.3 Å². The number of fused-ring (bicyclic) bond motifs is 1. The Bertz CT molecular complexity index is 403. The first-order valence-electron chi connectivity index (χ1n) is 5.61. The normalized spacial score (nSPS) is 27.7. The van der Waals surface area contributed by atoms with E-state index in [1.54, 1.807) is 14.2 Å². The molecule has 3 atom stereocenters. The van der Waals surface area contributed by atoms with E-state index >= 15 is 0 Å². The van der Waals surface area contributed by atoms with E-state index in [9.17, 15) is 0 Å². The minimum Gasteiger partial charge on any atom is -0.497 e. The summed E-state index contributed by atoms with van der Waals surface area (Å²) < 4.78 is 10.7. The lowest BCUT2D eigenvalue weighted by Crippen LogP contribution is -2.15. The number of benzene rings is 1. The van der Waals surface area contributed by atoms with Gasteiger partial charge in [-0.05, 0) is 23.5 Å². The Morgan fingerprint density at radius 1 is 1.12 bits per heavy atom. The van der Waals surface area contributed by atoms with Gasteiger partial charge in [0.2, 0.25) is 0 Å². The second kappa shape index (κ2) is 3.98. The van der Waals surface area contributed by atoms with Gasteiger partial charge < -0.3 is 15.2 Å². The largest absolute Gasteiger partial charge is 0.497 e. The van der Waals surface area contributed by atoms with Crippen molar-refractivity contribution in [2.45, 2.75) is 25.8 Å². The van der Waals surface area contributed by atoms with Crippen LogP contribution in [-0.2, 0) is 0 Å². The summed E-state index contributed by atoms with van der Waals surface area (Å²) in [6, 6.07) is 4.04. The van der Waals surface area contributed by atoms with Crippen LogP contribution in [-0.4, -0.2) is 14.2 Å². The molecule has 1 aromatic carbocycles. The maximum Gasteiger partial charge on any atom is 0.126 e. The molecule has 3 nitrogen and oxygen atoms in total. The van der Waals surface area contributed by atoms with Crippen molar-refractivity contribution >= 4 is 0 Å². The van der Waals surface area contributed by atoms with E-state index in [1.165, 1.54) is 5.56 Å². The molecule has 0 spiro atoms. The van der Waals surface area contributed by atoms with Gasteiger partial charge in [0.25, 0.3) is 0 Å². The van der Waals surface area contributed by atoms with Crippen molar-refractivity contribution in [1.82, 2.24) is 0 Å². The summed E-state index contributed by atoms with van der Waals surface area (Å²) in [6.45, 7) is 4.38. The number of hydrogen-bond donors (Lipinski definition) is 1. The predicted octanol–water partition coefficient (Wildman–Crippen LogP) is 2.46. The molecule has 88 valence electrons. The van der Waals surface area contributed by atoms with E-state index in [2.05, 4.69) is 13.8 Å². The van der Waals surface area contributed by atoms with Gasteiger partial charge in [-0.15, -0.1) is 0 Å². The maximum atomic E-state index is 6.22. The molecule has 0 aromatic heterocycles. The third-order valence-corrected chi connectivity index (χ3v) is 3.77. The summed E-state index contributed by atoms with van der Waals surface area (Å²) in [5.74, 6) is 2.58. The third-order valence-electron chi connectivity index (χ3n) is 3.77. The predicted molar refractivity (Wildman–Crippen MR) is 64.1 cm³/mol. The molecule has 1 aliphatic carbocycles. The summed E-state index contributed by atoms with van der Waals surface area (Å²) in [4.78, 5) is 0. The Balaban J connectivity index is 2.59. The number of rotatable bonds is 2. The smallest absolute Gasteiger partial charge is 0.126 e. The van der Waals surface area contributed by atoms with Gasteiger partial charge in [0.1, 0.15) is 11.5 Å². The molecule has 0 radical (unpaired) electrons. The van der Waals surface area contributed by atoms with E-state index in [-0.39, 0.29) is 6.04 Å². The fourth-order valence-electron chi connectivity index (χ4n) is 2.53. The molecule has 16 heavy (non-hydrogen) atoms. The van der Waals surface area contributed by atoms with Gasteiger partial charge in [-0.3, -0.25) is 0 Å². The van der Waals surface area contributed by atoms with E-state index < -0.39 is 0 Å². The highest BCUT2D eigenvalue weighted by molar-refractivity contribution is 5.53. The van der Waals surface area contributed by atoms with Gasteiger partial charge in [-0.1, -0.05) is 13.8 Å². The van der Waals surface area contributed by atoms with Gasteiger partial charge in [0.05, 0.1) is 14.2 Å². The zero-order valence-corrected chi connectivity index (χ0v) is 10.3. The van der Waals surface area contributed by atoms with Gasteiger partial charge >= 0.3 is 0 Å². The molecule has 0 heterocycles. The maximum absolute atomic E-state index is 6.22. The molecule has 1 aromatic rings. The minimum absolute atomic E-state index is 0.0778. The molecule has 0 bridgehead atoms. The Kier molecular flexibility index (Phi) is 2.80. The van der Waals surface area contributed by atoms with Crippen LogP contribution in [0.25, 0.3) is 0 Å². The first-order chi connectivity index (χ1) is 7.60. The molecule has 0 fully saturated rings.